The monoisotopic (exact) mass is 928 g/mol. The second-order valence-electron chi connectivity index (χ2n) is 13.2. The molecule has 6 rings (SSSR count). The highest BCUT2D eigenvalue weighted by Crippen LogP contribution is 2.35. The summed E-state index contributed by atoms with van der Waals surface area (Å²) in [6, 6.07) is 18.8. The Morgan fingerprint density at radius 2 is 0.912 bits per heavy atom. The number of nitrogens with zero attached hydrogens (tertiary/aromatic N) is 4. The van der Waals surface area contributed by atoms with Gasteiger partial charge in [-0.1, -0.05) is 70.7 Å². The summed E-state index contributed by atoms with van der Waals surface area (Å²) in [5.74, 6) is -1.08. The van der Waals surface area contributed by atoms with Crippen LogP contribution in [0.25, 0.3) is 22.3 Å². The van der Waals surface area contributed by atoms with Gasteiger partial charge >= 0.3 is 0 Å². The van der Waals surface area contributed by atoms with Crippen molar-refractivity contribution < 1.29 is 35.1 Å². The minimum Gasteiger partial charge on any atom is -0.379 e. The molecule has 0 radical (unpaired) electrons. The highest BCUT2D eigenvalue weighted by Gasteiger charge is 2.23. The standard InChI is InChI=1S/2C19H21Cl2FN2O3S.ClH/c2*1-28(25,26)24(7-6-23-8-10-27-11-9-23)15-3-4-16(18(21)13-15)14-2-5-17(20)19(22)12-14;/h2*2-5,12-13H,6-11H2,1H3;1H. The van der Waals surface area contributed by atoms with Gasteiger partial charge in [-0.3, -0.25) is 18.4 Å². The summed E-state index contributed by atoms with van der Waals surface area (Å²) in [7, 11) is -6.97. The van der Waals surface area contributed by atoms with Gasteiger partial charge < -0.3 is 9.47 Å². The summed E-state index contributed by atoms with van der Waals surface area (Å²) in [5.41, 5.74) is 3.28. The van der Waals surface area contributed by atoms with Crippen molar-refractivity contribution in [1.29, 1.82) is 0 Å². The summed E-state index contributed by atoms with van der Waals surface area (Å²) < 4.78 is 90.1. The fourth-order valence-corrected chi connectivity index (χ4v) is 8.82. The highest BCUT2D eigenvalue weighted by molar-refractivity contribution is 7.92. The van der Waals surface area contributed by atoms with Crippen LogP contribution in [0.4, 0.5) is 20.2 Å². The molecule has 0 aliphatic carbocycles. The maximum absolute atomic E-state index is 13.8. The first-order valence-corrected chi connectivity index (χ1v) is 22.8. The normalized spacial score (nSPS) is 15.3. The lowest BCUT2D eigenvalue weighted by Crippen LogP contribution is -2.43. The second kappa shape index (κ2) is 21.2. The van der Waals surface area contributed by atoms with Crippen molar-refractivity contribution in [3.05, 3.63) is 105 Å². The number of hydrogen-bond acceptors (Lipinski definition) is 8. The fourth-order valence-electron chi connectivity index (χ4n) is 6.20. The van der Waals surface area contributed by atoms with Crippen LogP contribution in [0.2, 0.25) is 20.1 Å². The van der Waals surface area contributed by atoms with E-state index in [0.29, 0.717) is 96.3 Å². The quantitative estimate of drug-likeness (QED) is 0.140. The van der Waals surface area contributed by atoms with Crippen molar-refractivity contribution in [2.45, 2.75) is 0 Å². The summed E-state index contributed by atoms with van der Waals surface area (Å²) >= 11 is 24.3. The van der Waals surface area contributed by atoms with Crippen LogP contribution in [0.15, 0.2) is 72.8 Å². The van der Waals surface area contributed by atoms with E-state index in [2.05, 4.69) is 9.80 Å². The minimum atomic E-state index is -3.49. The molecular formula is C38H43Cl5F2N4O6S2. The highest BCUT2D eigenvalue weighted by atomic mass is 35.5. The van der Waals surface area contributed by atoms with E-state index in [1.165, 1.54) is 45.4 Å². The summed E-state index contributed by atoms with van der Waals surface area (Å²) in [5, 5.41) is 0.726. The average molecular weight is 931 g/mol. The molecule has 0 unspecified atom stereocenters. The van der Waals surface area contributed by atoms with E-state index in [0.717, 1.165) is 26.2 Å². The summed E-state index contributed by atoms with van der Waals surface area (Å²) in [6.45, 7) is 7.52. The molecule has 0 aromatic heterocycles. The molecule has 0 saturated carbocycles. The Balaban J connectivity index is 0.000000248. The van der Waals surface area contributed by atoms with Crippen molar-refractivity contribution in [1.82, 2.24) is 9.80 Å². The number of ether oxygens (including phenoxy) is 2. The predicted octanol–water partition coefficient (Wildman–Crippen LogP) is 8.22. The molecule has 0 amide bonds. The van der Waals surface area contributed by atoms with Crippen molar-refractivity contribution in [2.24, 2.45) is 0 Å². The molecule has 0 atom stereocenters. The van der Waals surface area contributed by atoms with Crippen LogP contribution < -0.4 is 8.61 Å². The molecule has 4 aromatic carbocycles. The van der Waals surface area contributed by atoms with E-state index in [9.17, 15) is 25.6 Å². The average Bonchev–Trinajstić information content (AvgIpc) is 3.14. The second-order valence-corrected chi connectivity index (χ2v) is 18.6. The third-order valence-electron chi connectivity index (χ3n) is 9.19. The van der Waals surface area contributed by atoms with Gasteiger partial charge in [0.05, 0.1) is 70.4 Å². The third kappa shape index (κ3) is 13.3. The number of halogens is 7. The first-order chi connectivity index (χ1) is 26.5. The zero-order valence-electron chi connectivity index (χ0n) is 31.1. The largest absolute Gasteiger partial charge is 0.379 e. The Bertz CT molecular complexity index is 2060. The fraction of sp³-hybridized carbons (Fsp3) is 0.368. The lowest BCUT2D eigenvalue weighted by molar-refractivity contribution is 0.0394. The van der Waals surface area contributed by atoms with Crippen molar-refractivity contribution in [2.75, 3.05) is 99.9 Å². The summed E-state index contributed by atoms with van der Waals surface area (Å²) in [4.78, 5) is 4.32. The van der Waals surface area contributed by atoms with E-state index in [-0.39, 0.29) is 22.5 Å². The Morgan fingerprint density at radius 3 is 1.21 bits per heavy atom. The van der Waals surface area contributed by atoms with Crippen LogP contribution in [0, 0.1) is 11.6 Å². The van der Waals surface area contributed by atoms with Gasteiger partial charge in [0.1, 0.15) is 11.6 Å². The number of hydrogen-bond donors (Lipinski definition) is 0. The number of sulfonamides is 2. The molecule has 0 N–H and O–H groups in total. The Kier molecular flexibility index (Phi) is 17.5. The molecule has 57 heavy (non-hydrogen) atoms. The van der Waals surface area contributed by atoms with Crippen LogP contribution in [-0.2, 0) is 29.5 Å². The lowest BCUT2D eigenvalue weighted by atomic mass is 10.1. The van der Waals surface area contributed by atoms with Crippen LogP contribution >= 0.6 is 58.8 Å². The van der Waals surface area contributed by atoms with Crippen molar-refractivity contribution in [3.63, 3.8) is 0 Å². The number of anilines is 2. The van der Waals surface area contributed by atoms with Gasteiger partial charge in [-0.05, 0) is 59.7 Å². The van der Waals surface area contributed by atoms with Gasteiger partial charge in [0.25, 0.3) is 0 Å². The van der Waals surface area contributed by atoms with Gasteiger partial charge in [-0.15, -0.1) is 12.4 Å². The SMILES string of the molecule is CS(=O)(=O)N(CCN1CCOCC1)c1ccc(-c2ccc(Cl)c(F)c2)c(Cl)c1.CS(=O)(=O)N(CCN1CCOCC1)c1ccc(-c2ccc(Cl)c(F)c2)c(Cl)c1.Cl. The molecule has 19 heteroatoms. The van der Waals surface area contributed by atoms with Crippen LogP contribution in [0.1, 0.15) is 0 Å². The number of rotatable bonds is 12. The first kappa shape index (κ1) is 47.2. The molecule has 4 aromatic rings. The molecule has 2 fully saturated rings. The molecule has 312 valence electrons. The molecular weight excluding hydrogens is 888 g/mol. The van der Waals surface area contributed by atoms with Crippen LogP contribution in [0.5, 0.6) is 0 Å². The zero-order chi connectivity index (χ0) is 40.6. The third-order valence-corrected chi connectivity index (χ3v) is 12.8. The first-order valence-electron chi connectivity index (χ1n) is 17.6. The topological polar surface area (TPSA) is 99.7 Å². The van der Waals surface area contributed by atoms with Gasteiger partial charge in [0, 0.05) is 63.5 Å². The van der Waals surface area contributed by atoms with Gasteiger partial charge in [-0.25, -0.2) is 25.6 Å². The van der Waals surface area contributed by atoms with E-state index >= 15 is 0 Å². The van der Waals surface area contributed by atoms with Gasteiger partial charge in [-0.2, -0.15) is 0 Å². The van der Waals surface area contributed by atoms with Crippen molar-refractivity contribution in [3.8, 4) is 22.3 Å². The van der Waals surface area contributed by atoms with Crippen LogP contribution in [0.3, 0.4) is 0 Å². The molecule has 2 heterocycles. The molecule has 2 aliphatic heterocycles. The van der Waals surface area contributed by atoms with E-state index < -0.39 is 31.7 Å². The predicted molar refractivity (Wildman–Crippen MR) is 230 cm³/mol. The van der Waals surface area contributed by atoms with Crippen molar-refractivity contribution >= 4 is 90.2 Å². The maximum Gasteiger partial charge on any atom is 0.232 e. The Hall–Kier alpha value is -2.47. The molecule has 2 aliphatic rings. The van der Waals surface area contributed by atoms with Crippen LogP contribution in [-0.4, -0.2) is 118 Å². The maximum atomic E-state index is 13.8. The smallest absolute Gasteiger partial charge is 0.232 e. The van der Waals surface area contributed by atoms with Gasteiger partial charge in [0.15, 0.2) is 0 Å². The molecule has 10 nitrogen and oxygen atoms in total. The van der Waals surface area contributed by atoms with E-state index in [1.54, 1.807) is 48.5 Å². The number of morpholine rings is 2. The molecule has 2 saturated heterocycles. The zero-order valence-corrected chi connectivity index (χ0v) is 36.6. The van der Waals surface area contributed by atoms with Gasteiger partial charge in [0.2, 0.25) is 20.0 Å². The minimum absolute atomic E-state index is 0. The lowest BCUT2D eigenvalue weighted by Gasteiger charge is -2.30. The Morgan fingerprint density at radius 1 is 0.561 bits per heavy atom. The molecule has 0 bridgehead atoms. The Labute approximate surface area is 359 Å². The number of benzene rings is 4. The molecule has 0 spiro atoms. The van der Waals surface area contributed by atoms with E-state index in [1.807, 2.05) is 0 Å². The summed E-state index contributed by atoms with van der Waals surface area (Å²) in [6.07, 6.45) is 2.34. The van der Waals surface area contributed by atoms with E-state index in [4.69, 9.17) is 55.9 Å².